The van der Waals surface area contributed by atoms with E-state index in [1.54, 1.807) is 0 Å². The lowest BCUT2D eigenvalue weighted by Crippen LogP contribution is -2.06. The van der Waals surface area contributed by atoms with E-state index in [9.17, 15) is 0 Å². The maximum atomic E-state index is 2.32. The molecule has 0 radical (unpaired) electrons. The molecule has 66 valence electrons. The van der Waals surface area contributed by atoms with Crippen LogP contribution in [-0.2, 0) is 0 Å². The molecule has 0 aliphatic rings. The summed E-state index contributed by atoms with van der Waals surface area (Å²) in [6.07, 6.45) is 8.41. The molecule has 0 saturated heterocycles. The molecule has 0 spiro atoms. The normalized spacial score (nSPS) is 14.6. The lowest BCUT2D eigenvalue weighted by molar-refractivity contribution is 0.360. The van der Waals surface area contributed by atoms with Crippen molar-refractivity contribution in [3.8, 4) is 0 Å². The number of allylic oxidation sites excluding steroid dienone is 2. The molecule has 1 atom stereocenters. The highest BCUT2D eigenvalue weighted by Crippen LogP contribution is 2.20. The minimum Gasteiger partial charge on any atom is -0.0917 e. The summed E-state index contributed by atoms with van der Waals surface area (Å²) in [6, 6.07) is 0. The minimum atomic E-state index is 0.839. The van der Waals surface area contributed by atoms with E-state index in [0.29, 0.717) is 0 Å². The quantitative estimate of drug-likeness (QED) is 0.524. The van der Waals surface area contributed by atoms with E-state index >= 15 is 0 Å². The summed E-state index contributed by atoms with van der Waals surface area (Å²) in [5, 5.41) is 0. The van der Waals surface area contributed by atoms with Gasteiger partial charge in [0.05, 0.1) is 0 Å². The van der Waals surface area contributed by atoms with Crippen molar-refractivity contribution in [1.29, 1.82) is 0 Å². The van der Waals surface area contributed by atoms with Crippen LogP contribution in [0.1, 0.15) is 47.0 Å². The Bertz CT molecular complexity index is 101. The highest BCUT2D eigenvalue weighted by molar-refractivity contribution is 4.81. The first-order valence-electron chi connectivity index (χ1n) is 4.83. The molecule has 0 heteroatoms. The van der Waals surface area contributed by atoms with E-state index in [4.69, 9.17) is 0 Å². The summed E-state index contributed by atoms with van der Waals surface area (Å²) in [5.41, 5.74) is 0. The van der Waals surface area contributed by atoms with Crippen molar-refractivity contribution >= 4 is 0 Å². The van der Waals surface area contributed by atoms with Crippen LogP contribution in [0.3, 0.4) is 0 Å². The van der Waals surface area contributed by atoms with Crippen LogP contribution in [0.2, 0.25) is 0 Å². The number of hydrogen-bond donors (Lipinski definition) is 0. The molecule has 0 aliphatic heterocycles. The molecule has 0 rings (SSSR count). The van der Waals surface area contributed by atoms with Gasteiger partial charge < -0.3 is 0 Å². The Kier molecular flexibility index (Phi) is 6.30. The van der Waals surface area contributed by atoms with Gasteiger partial charge in [0.25, 0.3) is 0 Å². The van der Waals surface area contributed by atoms with Gasteiger partial charge in [-0.25, -0.2) is 0 Å². The van der Waals surface area contributed by atoms with Crippen molar-refractivity contribution in [3.05, 3.63) is 12.2 Å². The summed E-state index contributed by atoms with van der Waals surface area (Å²) in [7, 11) is 0. The van der Waals surface area contributed by atoms with Gasteiger partial charge in [0.1, 0.15) is 0 Å². The zero-order valence-corrected chi connectivity index (χ0v) is 8.43. The Morgan fingerprint density at radius 3 is 2.27 bits per heavy atom. The van der Waals surface area contributed by atoms with Crippen molar-refractivity contribution in [2.45, 2.75) is 47.0 Å². The Hall–Kier alpha value is -0.260. The van der Waals surface area contributed by atoms with Crippen molar-refractivity contribution in [1.82, 2.24) is 0 Å². The average molecular weight is 154 g/mol. The van der Waals surface area contributed by atoms with E-state index in [-0.39, 0.29) is 0 Å². The second-order valence-corrected chi connectivity index (χ2v) is 3.60. The van der Waals surface area contributed by atoms with E-state index in [2.05, 4.69) is 39.8 Å². The highest BCUT2D eigenvalue weighted by atomic mass is 14.1. The van der Waals surface area contributed by atoms with Gasteiger partial charge in [-0.1, -0.05) is 45.8 Å². The molecule has 0 heterocycles. The summed E-state index contributed by atoms with van der Waals surface area (Å²) >= 11 is 0. The molecule has 0 fully saturated rings. The predicted molar refractivity (Wildman–Crippen MR) is 52.7 cm³/mol. The SMILES string of the molecule is CC=CCC(CCC)C(C)C. The summed E-state index contributed by atoms with van der Waals surface area (Å²) in [6.45, 7) is 9.02. The fraction of sp³-hybridized carbons (Fsp3) is 0.818. The first-order valence-corrected chi connectivity index (χ1v) is 4.83. The van der Waals surface area contributed by atoms with Gasteiger partial charge in [0.2, 0.25) is 0 Å². The average Bonchev–Trinajstić information content (AvgIpc) is 1.97. The molecule has 0 aromatic rings. The fourth-order valence-electron chi connectivity index (χ4n) is 1.41. The van der Waals surface area contributed by atoms with Crippen LogP contribution in [-0.4, -0.2) is 0 Å². The van der Waals surface area contributed by atoms with Crippen molar-refractivity contribution in [3.63, 3.8) is 0 Å². The Labute approximate surface area is 71.7 Å². The maximum absolute atomic E-state index is 2.32. The van der Waals surface area contributed by atoms with Crippen LogP contribution in [0, 0.1) is 11.8 Å². The van der Waals surface area contributed by atoms with Crippen molar-refractivity contribution in [2.75, 3.05) is 0 Å². The Balaban J connectivity index is 3.69. The number of hydrogen-bond acceptors (Lipinski definition) is 0. The maximum Gasteiger partial charge on any atom is -0.0320 e. The molecule has 0 aliphatic carbocycles. The zero-order chi connectivity index (χ0) is 8.69. The van der Waals surface area contributed by atoms with Gasteiger partial charge >= 0.3 is 0 Å². The predicted octanol–water partition coefficient (Wildman–Crippen LogP) is 4.02. The molecule has 0 aromatic carbocycles. The van der Waals surface area contributed by atoms with E-state index in [1.807, 2.05) is 0 Å². The van der Waals surface area contributed by atoms with Crippen LogP contribution < -0.4 is 0 Å². The summed E-state index contributed by atoms with van der Waals surface area (Å²) in [5.74, 6) is 1.74. The van der Waals surface area contributed by atoms with E-state index in [1.165, 1.54) is 19.3 Å². The molecule has 0 saturated carbocycles. The Morgan fingerprint density at radius 2 is 1.91 bits per heavy atom. The standard InChI is InChI=1S/C11H22/c1-5-7-9-11(8-6-2)10(3)4/h5,7,10-11H,6,8-9H2,1-4H3. The lowest BCUT2D eigenvalue weighted by atomic mass is 9.88. The summed E-state index contributed by atoms with van der Waals surface area (Å²) in [4.78, 5) is 0. The van der Waals surface area contributed by atoms with Gasteiger partial charge in [0.15, 0.2) is 0 Å². The molecule has 1 unspecified atom stereocenters. The van der Waals surface area contributed by atoms with Crippen LogP contribution >= 0.6 is 0 Å². The van der Waals surface area contributed by atoms with Crippen LogP contribution in [0.5, 0.6) is 0 Å². The van der Waals surface area contributed by atoms with Crippen LogP contribution in [0.4, 0.5) is 0 Å². The van der Waals surface area contributed by atoms with Gasteiger partial charge in [0, 0.05) is 0 Å². The second-order valence-electron chi connectivity index (χ2n) is 3.60. The van der Waals surface area contributed by atoms with Crippen LogP contribution in [0.25, 0.3) is 0 Å². The van der Waals surface area contributed by atoms with Crippen molar-refractivity contribution < 1.29 is 0 Å². The molecule has 0 aromatic heterocycles. The molecule has 0 N–H and O–H groups in total. The molecule has 0 bridgehead atoms. The van der Waals surface area contributed by atoms with Gasteiger partial charge in [-0.05, 0) is 25.2 Å². The third-order valence-electron chi connectivity index (χ3n) is 2.28. The Morgan fingerprint density at radius 1 is 1.27 bits per heavy atom. The molecule has 11 heavy (non-hydrogen) atoms. The molecule has 0 nitrogen and oxygen atoms in total. The smallest absolute Gasteiger partial charge is 0.0320 e. The van der Waals surface area contributed by atoms with Crippen LogP contribution in [0.15, 0.2) is 12.2 Å². The first kappa shape index (κ1) is 10.7. The summed E-state index contributed by atoms with van der Waals surface area (Å²) < 4.78 is 0. The zero-order valence-electron chi connectivity index (χ0n) is 8.43. The first-order chi connectivity index (χ1) is 5.22. The fourth-order valence-corrected chi connectivity index (χ4v) is 1.41. The largest absolute Gasteiger partial charge is 0.0917 e. The minimum absolute atomic E-state index is 0.839. The molecule has 0 amide bonds. The third-order valence-corrected chi connectivity index (χ3v) is 2.28. The van der Waals surface area contributed by atoms with E-state index < -0.39 is 0 Å². The van der Waals surface area contributed by atoms with E-state index in [0.717, 1.165) is 11.8 Å². The topological polar surface area (TPSA) is 0 Å². The molecular weight excluding hydrogens is 132 g/mol. The van der Waals surface area contributed by atoms with Gasteiger partial charge in [-0.2, -0.15) is 0 Å². The lowest BCUT2D eigenvalue weighted by Gasteiger charge is -2.17. The molecular formula is C11H22. The van der Waals surface area contributed by atoms with Gasteiger partial charge in [-0.3, -0.25) is 0 Å². The van der Waals surface area contributed by atoms with Gasteiger partial charge in [-0.15, -0.1) is 0 Å². The third kappa shape index (κ3) is 5.06. The highest BCUT2D eigenvalue weighted by Gasteiger charge is 2.09. The van der Waals surface area contributed by atoms with Crippen molar-refractivity contribution in [2.24, 2.45) is 11.8 Å². The number of rotatable bonds is 5. The second kappa shape index (κ2) is 6.45. The monoisotopic (exact) mass is 154 g/mol.